The van der Waals surface area contributed by atoms with Crippen molar-refractivity contribution in [1.29, 1.82) is 10.5 Å². The van der Waals surface area contributed by atoms with E-state index in [0.29, 0.717) is 22.3 Å². The number of aryl methyl sites for hydroxylation is 2. The molecular weight excluding hydrogens is 416 g/mol. The van der Waals surface area contributed by atoms with Gasteiger partial charge in [-0.1, -0.05) is 12.1 Å². The van der Waals surface area contributed by atoms with Crippen LogP contribution < -0.4 is 5.73 Å². The maximum atomic E-state index is 13.6. The first kappa shape index (κ1) is 26.3. The van der Waals surface area contributed by atoms with Crippen LogP contribution in [-0.2, 0) is 10.8 Å². The highest BCUT2D eigenvalue weighted by Gasteiger charge is 2.25. The van der Waals surface area contributed by atoms with Crippen molar-refractivity contribution in [2.24, 2.45) is 5.73 Å². The summed E-state index contributed by atoms with van der Waals surface area (Å²) >= 11 is 0. The fourth-order valence-corrected chi connectivity index (χ4v) is 2.92. The Bertz CT molecular complexity index is 1020. The first-order valence-electron chi connectivity index (χ1n) is 9.56. The van der Waals surface area contributed by atoms with Gasteiger partial charge >= 0.3 is 5.97 Å². The number of halogens is 2. The molecule has 1 amide bonds. The summed E-state index contributed by atoms with van der Waals surface area (Å²) in [6.45, 7) is 9.79. The third-order valence-corrected chi connectivity index (χ3v) is 5.04. The third-order valence-electron chi connectivity index (χ3n) is 5.04. The molecular formula is C24H25F2N3O3. The Hall–Kier alpha value is -3.78. The zero-order valence-corrected chi connectivity index (χ0v) is 18.8. The number of nitrogens with two attached hydrogens (primary N) is 1. The lowest BCUT2D eigenvalue weighted by Crippen LogP contribution is -2.19. The molecule has 0 aliphatic rings. The number of rotatable bonds is 4. The van der Waals surface area contributed by atoms with Crippen LogP contribution in [-0.4, -0.2) is 17.0 Å². The molecule has 2 aromatic rings. The molecule has 0 spiro atoms. The number of nitrogens with zero attached hydrogens (tertiary/aromatic N) is 2. The minimum atomic E-state index is -1.30. The molecule has 0 aliphatic carbocycles. The summed E-state index contributed by atoms with van der Waals surface area (Å²) in [6, 6.07) is 9.58. The van der Waals surface area contributed by atoms with Crippen molar-refractivity contribution in [3.8, 4) is 12.1 Å². The first-order chi connectivity index (χ1) is 14.6. The average molecular weight is 441 g/mol. The molecule has 2 rings (SSSR count). The maximum absolute atomic E-state index is 13.6. The number of amides is 1. The van der Waals surface area contributed by atoms with E-state index in [1.807, 2.05) is 6.07 Å². The summed E-state index contributed by atoms with van der Waals surface area (Å²) in [5, 5.41) is 26.7. The molecule has 168 valence electrons. The van der Waals surface area contributed by atoms with Crippen LogP contribution in [0.5, 0.6) is 0 Å². The largest absolute Gasteiger partial charge is 0.478 e. The molecule has 0 bridgehead atoms. The summed E-state index contributed by atoms with van der Waals surface area (Å²) in [7, 11) is 0. The number of nitriles is 2. The number of carbonyl (C=O) groups is 2. The molecule has 0 aromatic heterocycles. The summed E-state index contributed by atoms with van der Waals surface area (Å²) < 4.78 is 27.2. The monoisotopic (exact) mass is 441 g/mol. The number of hydrogen-bond acceptors (Lipinski definition) is 4. The molecule has 0 saturated heterocycles. The molecule has 0 radical (unpaired) electrons. The minimum absolute atomic E-state index is 0.113. The minimum Gasteiger partial charge on any atom is -0.478 e. The van der Waals surface area contributed by atoms with Gasteiger partial charge in [0.1, 0.15) is 11.6 Å². The molecule has 0 aliphatic heterocycles. The number of aromatic carboxylic acids is 1. The summed E-state index contributed by atoms with van der Waals surface area (Å²) in [4.78, 5) is 21.8. The van der Waals surface area contributed by atoms with E-state index in [1.165, 1.54) is 19.1 Å². The lowest BCUT2D eigenvalue weighted by Gasteiger charge is -2.17. The van der Waals surface area contributed by atoms with Crippen molar-refractivity contribution < 1.29 is 23.5 Å². The van der Waals surface area contributed by atoms with E-state index < -0.39 is 34.3 Å². The van der Waals surface area contributed by atoms with Gasteiger partial charge in [-0.25, -0.2) is 13.6 Å². The van der Waals surface area contributed by atoms with Gasteiger partial charge in [0.2, 0.25) is 0 Å². The van der Waals surface area contributed by atoms with E-state index in [2.05, 4.69) is 6.07 Å². The highest BCUT2D eigenvalue weighted by Crippen LogP contribution is 2.27. The second-order valence-electron chi connectivity index (χ2n) is 8.44. The highest BCUT2D eigenvalue weighted by atomic mass is 19.1. The zero-order valence-electron chi connectivity index (χ0n) is 18.8. The predicted octanol–water partition coefficient (Wildman–Crippen LogP) is 4.67. The fraction of sp³-hybridized carbons (Fsp3) is 0.333. The normalized spacial score (nSPS) is 10.9. The van der Waals surface area contributed by atoms with E-state index in [4.69, 9.17) is 21.4 Å². The van der Waals surface area contributed by atoms with Crippen molar-refractivity contribution in [3.05, 3.63) is 69.3 Å². The molecule has 0 heterocycles. The first-order valence-corrected chi connectivity index (χ1v) is 9.56. The molecule has 32 heavy (non-hydrogen) atoms. The maximum Gasteiger partial charge on any atom is 0.338 e. The van der Waals surface area contributed by atoms with Crippen LogP contribution in [0.3, 0.4) is 0 Å². The average Bonchev–Trinajstić information content (AvgIpc) is 2.66. The van der Waals surface area contributed by atoms with Crippen molar-refractivity contribution >= 4 is 11.9 Å². The predicted molar refractivity (Wildman–Crippen MR) is 115 cm³/mol. The summed E-state index contributed by atoms with van der Waals surface area (Å²) in [6.07, 6.45) is 0. The molecule has 6 nitrogen and oxygen atoms in total. The van der Waals surface area contributed by atoms with Gasteiger partial charge < -0.3 is 10.8 Å². The topological polar surface area (TPSA) is 128 Å². The zero-order chi connectivity index (χ0) is 25.0. The van der Waals surface area contributed by atoms with Gasteiger partial charge in [0, 0.05) is 0 Å². The van der Waals surface area contributed by atoms with Gasteiger partial charge in [0.25, 0.3) is 5.91 Å². The van der Waals surface area contributed by atoms with Gasteiger partial charge in [-0.2, -0.15) is 10.5 Å². The van der Waals surface area contributed by atoms with Crippen molar-refractivity contribution in [2.45, 2.75) is 52.4 Å². The fourth-order valence-electron chi connectivity index (χ4n) is 2.92. The smallest absolute Gasteiger partial charge is 0.338 e. The van der Waals surface area contributed by atoms with Crippen molar-refractivity contribution in [1.82, 2.24) is 0 Å². The molecule has 0 atom stereocenters. The van der Waals surface area contributed by atoms with E-state index in [1.54, 1.807) is 40.7 Å². The second-order valence-corrected chi connectivity index (χ2v) is 8.44. The molecule has 0 fully saturated rings. The second kappa shape index (κ2) is 9.57. The van der Waals surface area contributed by atoms with E-state index in [0.717, 1.165) is 6.07 Å². The number of carbonyl (C=O) groups excluding carboxylic acids is 1. The Balaban J connectivity index is 0.000000320. The number of carboxylic acids is 1. The van der Waals surface area contributed by atoms with Crippen LogP contribution in [0.15, 0.2) is 24.3 Å². The number of carboxylic acid groups (broad SMARTS) is 1. The van der Waals surface area contributed by atoms with Crippen LogP contribution in [0.4, 0.5) is 8.78 Å². The Morgan fingerprint density at radius 3 is 1.44 bits per heavy atom. The van der Waals surface area contributed by atoms with Crippen LogP contribution in [0, 0.1) is 48.1 Å². The van der Waals surface area contributed by atoms with Crippen molar-refractivity contribution in [2.75, 3.05) is 0 Å². The Kier molecular flexibility index (Phi) is 7.85. The molecule has 2 aromatic carbocycles. The Morgan fingerprint density at radius 2 is 1.19 bits per heavy atom. The van der Waals surface area contributed by atoms with Crippen LogP contribution in [0.1, 0.15) is 70.7 Å². The number of hydrogen-bond donors (Lipinski definition) is 2. The van der Waals surface area contributed by atoms with Gasteiger partial charge in [-0.15, -0.1) is 0 Å². The standard InChI is InChI=1S/C12H13FN2O.C12H12FNO2/c2*1-7-4-8(12(2,3)6-14)5-9(13)10(7)11(15)16/h4-5H,1-3H3,(H2,15,16);4-5H,1-3H3,(H,15,16). The Labute approximate surface area is 185 Å². The third kappa shape index (κ3) is 5.67. The quantitative estimate of drug-likeness (QED) is 0.713. The van der Waals surface area contributed by atoms with E-state index in [-0.39, 0.29) is 11.1 Å². The summed E-state index contributed by atoms with van der Waals surface area (Å²) in [5.74, 6) is -3.57. The lowest BCUT2D eigenvalue weighted by molar-refractivity contribution is 0.0690. The van der Waals surface area contributed by atoms with Gasteiger partial charge in [0.15, 0.2) is 0 Å². The highest BCUT2D eigenvalue weighted by molar-refractivity contribution is 5.94. The Morgan fingerprint density at radius 1 is 0.844 bits per heavy atom. The van der Waals surface area contributed by atoms with Crippen LogP contribution in [0.2, 0.25) is 0 Å². The summed E-state index contributed by atoms with van der Waals surface area (Å²) in [5.41, 5.74) is 4.79. The number of primary amides is 1. The molecule has 3 N–H and O–H groups in total. The molecule has 0 unspecified atom stereocenters. The van der Waals surface area contributed by atoms with Crippen molar-refractivity contribution in [3.63, 3.8) is 0 Å². The lowest BCUT2D eigenvalue weighted by atomic mass is 9.84. The number of benzene rings is 2. The van der Waals surface area contributed by atoms with Gasteiger partial charge in [-0.05, 0) is 75.9 Å². The SMILES string of the molecule is Cc1cc(C(C)(C)C#N)cc(F)c1C(=O)O.Cc1cc(C(C)(C)C#N)cc(F)c1C(N)=O. The molecule has 8 heteroatoms. The van der Waals surface area contributed by atoms with Crippen LogP contribution in [0.25, 0.3) is 0 Å². The van der Waals surface area contributed by atoms with E-state index >= 15 is 0 Å². The van der Waals surface area contributed by atoms with Crippen LogP contribution >= 0.6 is 0 Å². The molecule has 0 saturated carbocycles. The van der Waals surface area contributed by atoms with E-state index in [9.17, 15) is 18.4 Å². The van der Waals surface area contributed by atoms with Gasteiger partial charge in [0.05, 0.1) is 34.1 Å². The van der Waals surface area contributed by atoms with Gasteiger partial charge in [-0.3, -0.25) is 4.79 Å².